The van der Waals surface area contributed by atoms with Crippen molar-refractivity contribution in [2.24, 2.45) is 5.92 Å². The van der Waals surface area contributed by atoms with Crippen LogP contribution in [0.25, 0.3) is 23.3 Å². The molecule has 0 amide bonds. The predicted octanol–water partition coefficient (Wildman–Crippen LogP) is 4.54. The van der Waals surface area contributed by atoms with Crippen molar-refractivity contribution in [2.75, 3.05) is 0 Å². The van der Waals surface area contributed by atoms with Gasteiger partial charge < -0.3 is 0 Å². The Balaban J connectivity index is 2.39. The predicted molar refractivity (Wildman–Crippen MR) is 105 cm³/mol. The fourth-order valence-electron chi connectivity index (χ4n) is 4.01. The third-order valence-electron chi connectivity index (χ3n) is 5.08. The summed E-state index contributed by atoms with van der Waals surface area (Å²) in [7, 11) is 0. The summed E-state index contributed by atoms with van der Waals surface area (Å²) >= 11 is 0. The second kappa shape index (κ2) is 6.05. The smallest absolute Gasteiger partial charge is 0.0748 e. The van der Waals surface area contributed by atoms with Crippen molar-refractivity contribution in [3.05, 3.63) is 63.8 Å². The van der Waals surface area contributed by atoms with E-state index in [1.807, 2.05) is 6.20 Å². The van der Waals surface area contributed by atoms with Gasteiger partial charge in [0.05, 0.1) is 5.69 Å². The Morgan fingerprint density at radius 1 is 1.08 bits per heavy atom. The van der Waals surface area contributed by atoms with Crippen LogP contribution in [-0.4, -0.2) is 4.98 Å². The quantitative estimate of drug-likeness (QED) is 0.792. The molecule has 0 saturated carbocycles. The molecule has 1 nitrogen and oxygen atoms in total. The molecule has 1 aliphatic rings. The molecule has 0 atom stereocenters. The zero-order valence-electron chi connectivity index (χ0n) is 15.6. The van der Waals surface area contributed by atoms with Crippen LogP contribution in [0.15, 0.2) is 36.5 Å². The molecule has 0 fully saturated rings. The first-order valence-corrected chi connectivity index (χ1v) is 8.82. The lowest BCUT2D eigenvalue weighted by Crippen LogP contribution is -2.32. The summed E-state index contributed by atoms with van der Waals surface area (Å²) in [6.45, 7) is 13.4. The van der Waals surface area contributed by atoms with Gasteiger partial charge in [-0.2, -0.15) is 0 Å². The molecular formula is C23H27N. The zero-order valence-corrected chi connectivity index (χ0v) is 15.6. The lowest BCUT2D eigenvalue weighted by Gasteiger charge is -2.25. The zero-order chi connectivity index (χ0) is 17.5. The average Bonchev–Trinajstić information content (AvgIpc) is 2.75. The number of pyridine rings is 1. The van der Waals surface area contributed by atoms with Gasteiger partial charge in [0.1, 0.15) is 0 Å². The van der Waals surface area contributed by atoms with Crippen molar-refractivity contribution < 1.29 is 0 Å². The van der Waals surface area contributed by atoms with Crippen molar-refractivity contribution in [3.8, 4) is 0 Å². The lowest BCUT2D eigenvalue weighted by molar-refractivity contribution is 0.699. The summed E-state index contributed by atoms with van der Waals surface area (Å²) in [6, 6.07) is 10.9. The highest BCUT2D eigenvalue weighted by Gasteiger charge is 2.37. The van der Waals surface area contributed by atoms with Crippen LogP contribution in [0.2, 0.25) is 0 Å². The molecule has 0 bridgehead atoms. The summed E-state index contributed by atoms with van der Waals surface area (Å²) in [6.07, 6.45) is 6.48. The number of aromatic nitrogens is 1. The summed E-state index contributed by atoms with van der Waals surface area (Å²) < 4.78 is 0. The van der Waals surface area contributed by atoms with E-state index < -0.39 is 0 Å². The number of allylic oxidation sites excluding steroid dienone is 2. The molecule has 3 rings (SSSR count). The van der Waals surface area contributed by atoms with E-state index in [9.17, 15) is 0 Å². The fraction of sp³-hybridized carbons (Fsp3) is 0.348. The van der Waals surface area contributed by atoms with Gasteiger partial charge in [0.15, 0.2) is 0 Å². The molecule has 1 aromatic heterocycles. The normalized spacial score (nSPS) is 17.8. The number of hydrogen-bond donors (Lipinski definition) is 0. The maximum atomic E-state index is 4.84. The van der Waals surface area contributed by atoms with E-state index in [1.165, 1.54) is 32.7 Å². The van der Waals surface area contributed by atoms with E-state index in [1.54, 1.807) is 0 Å². The Hall–Kier alpha value is -2.15. The van der Waals surface area contributed by atoms with Crippen molar-refractivity contribution in [3.63, 3.8) is 0 Å². The van der Waals surface area contributed by atoms with Crippen LogP contribution in [0.3, 0.4) is 0 Å². The second-order valence-electron chi connectivity index (χ2n) is 7.53. The first kappa shape index (κ1) is 16.7. The molecule has 24 heavy (non-hydrogen) atoms. The molecule has 0 radical (unpaired) electrons. The van der Waals surface area contributed by atoms with E-state index in [2.05, 4.69) is 84.0 Å². The summed E-state index contributed by atoms with van der Waals surface area (Å²) in [4.78, 5) is 4.84. The Bertz CT molecular complexity index is 927. The molecule has 1 aromatic carbocycles. The Kier molecular flexibility index (Phi) is 4.21. The minimum Gasteiger partial charge on any atom is -0.256 e. The van der Waals surface area contributed by atoms with Crippen molar-refractivity contribution in [1.82, 2.24) is 4.98 Å². The maximum absolute atomic E-state index is 4.84. The summed E-state index contributed by atoms with van der Waals surface area (Å²) in [5.74, 6) is 0.486. The average molecular weight is 317 g/mol. The van der Waals surface area contributed by atoms with Crippen molar-refractivity contribution in [1.29, 1.82) is 0 Å². The van der Waals surface area contributed by atoms with Gasteiger partial charge in [0, 0.05) is 16.8 Å². The van der Waals surface area contributed by atoms with Gasteiger partial charge in [0.2, 0.25) is 0 Å². The van der Waals surface area contributed by atoms with E-state index in [4.69, 9.17) is 4.98 Å². The number of fused-ring (bicyclic) bond motifs is 1. The second-order valence-corrected chi connectivity index (χ2v) is 7.53. The van der Waals surface area contributed by atoms with Crippen LogP contribution in [-0.2, 0) is 5.41 Å². The molecule has 2 aromatic rings. The maximum Gasteiger partial charge on any atom is 0.0748 e. The first-order chi connectivity index (χ1) is 11.4. The Morgan fingerprint density at radius 2 is 1.79 bits per heavy atom. The third kappa shape index (κ3) is 2.53. The van der Waals surface area contributed by atoms with Crippen LogP contribution in [0.1, 0.15) is 58.4 Å². The SMILES string of the molecule is CC=c1ccnc(C2=C(C)c3ccccc3C2(C)C)/c1=C/C(C)C. The van der Waals surface area contributed by atoms with E-state index in [-0.39, 0.29) is 5.41 Å². The first-order valence-electron chi connectivity index (χ1n) is 8.82. The topological polar surface area (TPSA) is 12.9 Å². The minimum atomic E-state index is -0.0282. The van der Waals surface area contributed by atoms with Crippen molar-refractivity contribution in [2.45, 2.75) is 47.0 Å². The van der Waals surface area contributed by atoms with Gasteiger partial charge in [-0.15, -0.1) is 0 Å². The number of rotatable bonds is 2. The molecule has 0 spiro atoms. The Labute approximate surface area is 145 Å². The van der Waals surface area contributed by atoms with Gasteiger partial charge in [-0.05, 0) is 53.3 Å². The van der Waals surface area contributed by atoms with Gasteiger partial charge in [-0.3, -0.25) is 4.98 Å². The van der Waals surface area contributed by atoms with Crippen LogP contribution < -0.4 is 10.4 Å². The molecule has 0 N–H and O–H groups in total. The molecule has 124 valence electrons. The van der Waals surface area contributed by atoms with Crippen LogP contribution >= 0.6 is 0 Å². The van der Waals surface area contributed by atoms with E-state index >= 15 is 0 Å². The van der Waals surface area contributed by atoms with Crippen LogP contribution in [0, 0.1) is 5.92 Å². The fourth-order valence-corrected chi connectivity index (χ4v) is 4.01. The highest BCUT2D eigenvalue weighted by Crippen LogP contribution is 2.49. The molecule has 0 saturated heterocycles. The van der Waals surface area contributed by atoms with Gasteiger partial charge in [-0.1, -0.05) is 64.1 Å². The highest BCUT2D eigenvalue weighted by atomic mass is 14.7. The largest absolute Gasteiger partial charge is 0.256 e. The molecular weight excluding hydrogens is 290 g/mol. The minimum absolute atomic E-state index is 0.0282. The molecule has 0 aliphatic heterocycles. The van der Waals surface area contributed by atoms with Gasteiger partial charge >= 0.3 is 0 Å². The lowest BCUT2D eigenvalue weighted by atomic mass is 9.79. The van der Waals surface area contributed by atoms with Crippen molar-refractivity contribution >= 4 is 23.3 Å². The highest BCUT2D eigenvalue weighted by molar-refractivity contribution is 5.99. The summed E-state index contributed by atoms with van der Waals surface area (Å²) in [5, 5.41) is 2.53. The van der Waals surface area contributed by atoms with Crippen LogP contribution in [0.4, 0.5) is 0 Å². The van der Waals surface area contributed by atoms with Crippen LogP contribution in [0.5, 0.6) is 0 Å². The van der Waals surface area contributed by atoms with E-state index in [0.29, 0.717) is 5.92 Å². The van der Waals surface area contributed by atoms with Gasteiger partial charge in [-0.25, -0.2) is 0 Å². The molecule has 1 aliphatic carbocycles. The number of benzene rings is 1. The third-order valence-corrected chi connectivity index (χ3v) is 5.08. The Morgan fingerprint density at radius 3 is 2.42 bits per heavy atom. The van der Waals surface area contributed by atoms with E-state index in [0.717, 1.165) is 5.69 Å². The summed E-state index contributed by atoms with van der Waals surface area (Å²) in [5.41, 5.74) is 6.59. The monoisotopic (exact) mass is 317 g/mol. The molecule has 0 unspecified atom stereocenters. The standard InChI is InChI=1S/C23H27N/c1-7-17-12-13-24-22(19(17)14-15(2)3)21-16(4)18-10-8-9-11-20(18)23(21,5)6/h7-15H,1-6H3/b17-7?,19-14+. The number of hydrogen-bond acceptors (Lipinski definition) is 1. The molecule has 1 heterocycles. The van der Waals surface area contributed by atoms with Gasteiger partial charge in [0.25, 0.3) is 0 Å². The molecule has 1 heteroatoms. The number of nitrogens with zero attached hydrogens (tertiary/aromatic N) is 1.